The van der Waals surface area contributed by atoms with Gasteiger partial charge in [-0.2, -0.15) is 13.5 Å². The average molecular weight is 596 g/mol. The Morgan fingerprint density at radius 1 is 0.925 bits per heavy atom. The van der Waals surface area contributed by atoms with Crippen molar-refractivity contribution in [2.45, 2.75) is 59.5 Å². The normalized spacial score (nSPS) is 19.0. The molecule has 0 aliphatic carbocycles. The van der Waals surface area contributed by atoms with Gasteiger partial charge in [-0.05, 0) is 19.8 Å². The second-order valence-electron chi connectivity index (χ2n) is 9.82. The number of fused-ring (bicyclic) bond motifs is 2. The highest BCUT2D eigenvalue weighted by atomic mass is 32.3. The molecule has 2 atom stereocenters. The van der Waals surface area contributed by atoms with E-state index in [1.54, 1.807) is 0 Å². The molecule has 226 valence electrons. The number of hydroxylamine groups is 2. The maximum absolute atomic E-state index is 12.8. The Morgan fingerprint density at radius 2 is 1.43 bits per heavy atom. The summed E-state index contributed by atoms with van der Waals surface area (Å²) in [4.78, 5) is 74.0. The molecule has 2 fully saturated rings. The van der Waals surface area contributed by atoms with Gasteiger partial charge < -0.3 is 29.6 Å². The fraction of sp³-hybridized carbons (Fsp3) is 0.727. The number of carbonyl (C=O) groups excluding carboxylic acids is 6. The van der Waals surface area contributed by atoms with E-state index < -0.39 is 95.7 Å². The molecular formula is C22H33N3O14S. The Bertz CT molecular complexity index is 1080. The van der Waals surface area contributed by atoms with Crippen LogP contribution >= 0.6 is 0 Å². The molecule has 2 aliphatic heterocycles. The predicted molar refractivity (Wildman–Crippen MR) is 128 cm³/mol. The number of amides is 3. The first-order chi connectivity index (χ1) is 18.5. The topological polar surface area (TPSA) is 224 Å². The fourth-order valence-corrected chi connectivity index (χ4v) is 4.28. The van der Waals surface area contributed by atoms with Crippen LogP contribution in [0.15, 0.2) is 0 Å². The first-order valence-corrected chi connectivity index (χ1v) is 13.5. The van der Waals surface area contributed by atoms with E-state index in [9.17, 15) is 37.2 Å². The minimum absolute atomic E-state index is 0.0253. The van der Waals surface area contributed by atoms with E-state index in [1.807, 2.05) is 0 Å². The second-order valence-corrected chi connectivity index (χ2v) is 11.0. The SMILES string of the molecule is CC(C)C(=O)OCOC(=O)C(C)(COS(=O)(=O)ON1C(=O)N2C[C@H]1CC[C@H]2C(N)=O)C(=O)OCOC(=O)C(C)C. The molecule has 2 rings (SSSR count). The van der Waals surface area contributed by atoms with Crippen LogP contribution in [0.3, 0.4) is 0 Å². The summed E-state index contributed by atoms with van der Waals surface area (Å²) >= 11 is 0. The molecule has 0 unspecified atom stereocenters. The van der Waals surface area contributed by atoms with Gasteiger partial charge in [0.2, 0.25) is 19.5 Å². The lowest BCUT2D eigenvalue weighted by molar-refractivity contribution is -0.189. The van der Waals surface area contributed by atoms with Gasteiger partial charge in [-0.25, -0.2) is 8.98 Å². The van der Waals surface area contributed by atoms with Crippen molar-refractivity contribution in [3.63, 3.8) is 0 Å². The van der Waals surface area contributed by atoms with Crippen LogP contribution < -0.4 is 5.73 Å². The molecule has 18 heteroatoms. The van der Waals surface area contributed by atoms with Gasteiger partial charge in [0.15, 0.2) is 5.41 Å². The first kappa shape index (κ1) is 32.7. The zero-order valence-corrected chi connectivity index (χ0v) is 23.5. The zero-order valence-electron chi connectivity index (χ0n) is 22.6. The van der Waals surface area contributed by atoms with E-state index in [-0.39, 0.29) is 19.4 Å². The van der Waals surface area contributed by atoms with Gasteiger partial charge >= 0.3 is 40.3 Å². The van der Waals surface area contributed by atoms with Gasteiger partial charge in [-0.1, -0.05) is 27.7 Å². The number of primary amides is 1. The van der Waals surface area contributed by atoms with Crippen molar-refractivity contribution in [1.82, 2.24) is 9.96 Å². The highest BCUT2D eigenvalue weighted by Gasteiger charge is 2.50. The van der Waals surface area contributed by atoms with Crippen LogP contribution in [0.4, 0.5) is 4.79 Å². The van der Waals surface area contributed by atoms with Crippen LogP contribution in [0, 0.1) is 17.3 Å². The zero-order chi connectivity index (χ0) is 30.4. The number of hydrogen-bond donors (Lipinski definition) is 1. The maximum Gasteiger partial charge on any atom is 0.421 e. The van der Waals surface area contributed by atoms with E-state index in [0.29, 0.717) is 5.06 Å². The van der Waals surface area contributed by atoms with E-state index in [2.05, 4.69) is 0 Å². The standard InChI is InChI=1S/C22H33N3O14S/c1-12(2)17(27)34-10-36-19(29)22(5,20(30)37-11-35-18(28)13(3)4)9-38-40(32,33)39-25-14-6-7-15(16(23)26)24(8-14)21(25)31/h12-15H,6-11H2,1-5H3,(H2,23,26)/t14-,15+/m1/s1. The Balaban J connectivity index is 2.12. The van der Waals surface area contributed by atoms with Gasteiger partial charge in [0, 0.05) is 6.54 Å². The van der Waals surface area contributed by atoms with E-state index in [0.717, 1.165) is 11.8 Å². The fourth-order valence-electron chi connectivity index (χ4n) is 3.47. The molecule has 2 N–H and O–H groups in total. The van der Waals surface area contributed by atoms with Crippen LogP contribution in [-0.4, -0.2) is 93.0 Å². The van der Waals surface area contributed by atoms with Crippen molar-refractivity contribution >= 4 is 46.2 Å². The largest absolute Gasteiger partial charge is 0.428 e. The summed E-state index contributed by atoms with van der Waals surface area (Å²) in [5, 5.41) is 0.503. The smallest absolute Gasteiger partial charge is 0.421 e. The quantitative estimate of drug-likeness (QED) is 0.149. The molecule has 0 aromatic rings. The third-order valence-electron chi connectivity index (χ3n) is 5.94. The lowest BCUT2D eigenvalue weighted by atomic mass is 9.92. The van der Waals surface area contributed by atoms with Crippen molar-refractivity contribution in [2.24, 2.45) is 23.0 Å². The van der Waals surface area contributed by atoms with Crippen LogP contribution in [0.2, 0.25) is 0 Å². The summed E-state index contributed by atoms with van der Waals surface area (Å²) in [5.74, 6) is -6.15. The van der Waals surface area contributed by atoms with Crippen molar-refractivity contribution in [3.8, 4) is 0 Å². The van der Waals surface area contributed by atoms with E-state index in [1.165, 1.54) is 27.7 Å². The highest BCUT2D eigenvalue weighted by molar-refractivity contribution is 7.81. The van der Waals surface area contributed by atoms with Crippen LogP contribution in [0.5, 0.6) is 0 Å². The number of esters is 4. The molecule has 2 heterocycles. The first-order valence-electron chi connectivity index (χ1n) is 12.2. The molecule has 40 heavy (non-hydrogen) atoms. The minimum Gasteiger partial charge on any atom is -0.428 e. The lowest BCUT2D eigenvalue weighted by Crippen LogP contribution is -2.48. The number of piperidine rings is 1. The third-order valence-corrected chi connectivity index (χ3v) is 6.69. The molecule has 0 aromatic carbocycles. The van der Waals surface area contributed by atoms with Crippen molar-refractivity contribution < 1.29 is 64.6 Å². The van der Waals surface area contributed by atoms with Gasteiger partial charge in [0.1, 0.15) is 6.04 Å². The molecule has 0 radical (unpaired) electrons. The van der Waals surface area contributed by atoms with E-state index >= 15 is 0 Å². The molecule has 2 saturated heterocycles. The van der Waals surface area contributed by atoms with Crippen LogP contribution in [-0.2, 0) is 61.8 Å². The Labute approximate surface area is 230 Å². The van der Waals surface area contributed by atoms with Gasteiger partial charge in [-0.3, -0.25) is 24.0 Å². The Hall–Kier alpha value is -3.51. The minimum atomic E-state index is -5.09. The number of nitrogens with zero attached hydrogens (tertiary/aromatic N) is 2. The second kappa shape index (κ2) is 13.2. The predicted octanol–water partition coefficient (Wildman–Crippen LogP) is -0.661. The molecule has 3 amide bonds. The van der Waals surface area contributed by atoms with Crippen molar-refractivity contribution in [1.29, 1.82) is 0 Å². The molecule has 0 spiro atoms. The monoisotopic (exact) mass is 595 g/mol. The molecule has 0 aromatic heterocycles. The lowest BCUT2D eigenvalue weighted by Gasteiger charge is -2.27. The molecule has 2 aliphatic rings. The molecule has 17 nitrogen and oxygen atoms in total. The summed E-state index contributed by atoms with van der Waals surface area (Å²) < 4.78 is 53.8. The molecule has 0 saturated carbocycles. The van der Waals surface area contributed by atoms with Crippen molar-refractivity contribution in [2.75, 3.05) is 26.7 Å². The van der Waals surface area contributed by atoms with Gasteiger partial charge in [-0.15, -0.1) is 4.28 Å². The van der Waals surface area contributed by atoms with Gasteiger partial charge in [0.05, 0.1) is 24.5 Å². The van der Waals surface area contributed by atoms with Crippen LogP contribution in [0.1, 0.15) is 47.5 Å². The number of urea groups is 1. The highest BCUT2D eigenvalue weighted by Crippen LogP contribution is 2.31. The molecule has 2 bridgehead atoms. The third kappa shape index (κ3) is 8.01. The molecular weight excluding hydrogens is 562 g/mol. The van der Waals surface area contributed by atoms with Crippen molar-refractivity contribution in [3.05, 3.63) is 0 Å². The summed E-state index contributed by atoms with van der Waals surface area (Å²) in [6.07, 6.45) is 0.386. The maximum atomic E-state index is 12.8. The average Bonchev–Trinajstić information content (AvgIpc) is 3.10. The van der Waals surface area contributed by atoms with E-state index in [4.69, 9.17) is 33.1 Å². The van der Waals surface area contributed by atoms with Crippen LogP contribution in [0.25, 0.3) is 0 Å². The Morgan fingerprint density at radius 3 is 1.88 bits per heavy atom. The number of rotatable bonds is 14. The summed E-state index contributed by atoms with van der Waals surface area (Å²) in [6, 6.07) is -2.63. The number of hydrogen-bond acceptors (Lipinski definition) is 14. The number of ether oxygens (including phenoxy) is 4. The Kier molecular flexibility index (Phi) is 10.8. The summed E-state index contributed by atoms with van der Waals surface area (Å²) in [6.45, 7) is 3.89. The summed E-state index contributed by atoms with van der Waals surface area (Å²) in [5.41, 5.74) is 2.79. The van der Waals surface area contributed by atoms with Gasteiger partial charge in [0.25, 0.3) is 0 Å². The summed E-state index contributed by atoms with van der Waals surface area (Å²) in [7, 11) is -5.09. The number of carbonyl (C=O) groups is 6. The number of nitrogens with two attached hydrogens (primary N) is 1.